The number of hydrogen-bond acceptors (Lipinski definition) is 3. The number of nitrogens with one attached hydrogen (secondary N) is 1. The van der Waals surface area contributed by atoms with Crippen LogP contribution in [0.4, 0.5) is 11.4 Å². The quantitative estimate of drug-likeness (QED) is 0.894. The monoisotopic (exact) mass is 297 g/mol. The van der Waals surface area contributed by atoms with E-state index in [0.717, 1.165) is 15.8 Å². The second-order valence-electron chi connectivity index (χ2n) is 4.36. The standard InChI is InChI=1S/C12H16BrN3O/c1-8(5-14)7-16-11-3-2-9(13)4-10(11)15-6-12(16)17/h2-4,8,15H,5-7,14H2,1H3. The minimum absolute atomic E-state index is 0.0973. The van der Waals surface area contributed by atoms with Gasteiger partial charge in [-0.1, -0.05) is 22.9 Å². The molecule has 0 bridgehead atoms. The first-order valence-corrected chi connectivity index (χ1v) is 6.45. The second kappa shape index (κ2) is 5.06. The fourth-order valence-corrected chi connectivity index (χ4v) is 2.23. The number of carbonyl (C=O) groups is 1. The molecule has 0 saturated heterocycles. The number of amides is 1. The lowest BCUT2D eigenvalue weighted by Crippen LogP contribution is -2.43. The molecule has 17 heavy (non-hydrogen) atoms. The van der Waals surface area contributed by atoms with Crippen LogP contribution in [0.15, 0.2) is 22.7 Å². The van der Waals surface area contributed by atoms with Crippen LogP contribution in [-0.2, 0) is 4.79 Å². The van der Waals surface area contributed by atoms with Crippen molar-refractivity contribution in [2.24, 2.45) is 11.7 Å². The number of fused-ring (bicyclic) bond motifs is 1. The summed E-state index contributed by atoms with van der Waals surface area (Å²) in [4.78, 5) is 13.7. The van der Waals surface area contributed by atoms with Crippen LogP contribution < -0.4 is 16.0 Å². The highest BCUT2D eigenvalue weighted by Crippen LogP contribution is 2.32. The lowest BCUT2D eigenvalue weighted by Gasteiger charge is -2.32. The van der Waals surface area contributed by atoms with Gasteiger partial charge in [0.25, 0.3) is 0 Å². The van der Waals surface area contributed by atoms with Gasteiger partial charge >= 0.3 is 0 Å². The molecule has 1 aromatic rings. The first-order valence-electron chi connectivity index (χ1n) is 5.65. The molecule has 5 heteroatoms. The summed E-state index contributed by atoms with van der Waals surface area (Å²) in [6.07, 6.45) is 0. The van der Waals surface area contributed by atoms with Gasteiger partial charge in [0, 0.05) is 11.0 Å². The zero-order chi connectivity index (χ0) is 12.4. The molecule has 0 aliphatic carbocycles. The number of hydrogen-bond donors (Lipinski definition) is 2. The van der Waals surface area contributed by atoms with Crippen LogP contribution in [0.3, 0.4) is 0 Å². The number of halogens is 1. The number of nitrogens with two attached hydrogens (primary N) is 1. The van der Waals surface area contributed by atoms with Gasteiger partial charge in [-0.3, -0.25) is 4.79 Å². The van der Waals surface area contributed by atoms with E-state index in [4.69, 9.17) is 5.73 Å². The Morgan fingerprint density at radius 2 is 2.35 bits per heavy atom. The maximum absolute atomic E-state index is 11.9. The first-order chi connectivity index (χ1) is 8.11. The number of benzene rings is 1. The molecule has 1 aromatic carbocycles. The summed E-state index contributed by atoms with van der Waals surface area (Å²) in [5.41, 5.74) is 7.54. The lowest BCUT2D eigenvalue weighted by molar-refractivity contribution is -0.117. The summed E-state index contributed by atoms with van der Waals surface area (Å²) in [5.74, 6) is 0.397. The summed E-state index contributed by atoms with van der Waals surface area (Å²) < 4.78 is 1.00. The van der Waals surface area contributed by atoms with Crippen molar-refractivity contribution in [1.29, 1.82) is 0 Å². The van der Waals surface area contributed by atoms with E-state index < -0.39 is 0 Å². The van der Waals surface area contributed by atoms with Crippen molar-refractivity contribution in [2.75, 3.05) is 29.9 Å². The molecular weight excluding hydrogens is 282 g/mol. The van der Waals surface area contributed by atoms with E-state index in [0.29, 0.717) is 25.6 Å². The third-order valence-electron chi connectivity index (χ3n) is 2.88. The summed E-state index contributed by atoms with van der Waals surface area (Å²) in [6, 6.07) is 5.88. The molecule has 0 fully saturated rings. The Morgan fingerprint density at radius 1 is 1.59 bits per heavy atom. The SMILES string of the molecule is CC(CN)CN1C(=O)CNc2cc(Br)ccc21. The fourth-order valence-electron chi connectivity index (χ4n) is 1.87. The Bertz CT molecular complexity index is 436. The van der Waals surface area contributed by atoms with Crippen LogP contribution in [0, 0.1) is 5.92 Å². The maximum atomic E-state index is 11.9. The van der Waals surface area contributed by atoms with E-state index in [1.54, 1.807) is 0 Å². The average Bonchev–Trinajstić information content (AvgIpc) is 2.32. The van der Waals surface area contributed by atoms with Gasteiger partial charge in [0.05, 0.1) is 17.9 Å². The minimum Gasteiger partial charge on any atom is -0.374 e. The summed E-state index contributed by atoms with van der Waals surface area (Å²) in [6.45, 7) is 3.66. The smallest absolute Gasteiger partial charge is 0.246 e. The third kappa shape index (κ3) is 2.61. The molecule has 2 rings (SSSR count). The molecule has 92 valence electrons. The molecule has 4 nitrogen and oxygen atoms in total. The minimum atomic E-state index is 0.0973. The van der Waals surface area contributed by atoms with E-state index in [9.17, 15) is 4.79 Å². The number of carbonyl (C=O) groups excluding carboxylic acids is 1. The lowest BCUT2D eigenvalue weighted by atomic mass is 10.1. The predicted octanol–water partition coefficient (Wildman–Crippen LogP) is 1.80. The van der Waals surface area contributed by atoms with Crippen LogP contribution in [0.1, 0.15) is 6.92 Å². The van der Waals surface area contributed by atoms with Crippen molar-refractivity contribution < 1.29 is 4.79 Å². The van der Waals surface area contributed by atoms with Gasteiger partial charge in [0.1, 0.15) is 0 Å². The van der Waals surface area contributed by atoms with Crippen molar-refractivity contribution in [2.45, 2.75) is 6.92 Å². The molecule has 1 amide bonds. The highest BCUT2D eigenvalue weighted by molar-refractivity contribution is 9.10. The normalized spacial score (nSPS) is 16.4. The molecular formula is C12H16BrN3O. The van der Waals surface area contributed by atoms with Crippen molar-refractivity contribution in [3.63, 3.8) is 0 Å². The van der Waals surface area contributed by atoms with Crippen LogP contribution in [0.25, 0.3) is 0 Å². The maximum Gasteiger partial charge on any atom is 0.246 e. The summed E-state index contributed by atoms with van der Waals surface area (Å²) in [5, 5.41) is 3.12. The zero-order valence-corrected chi connectivity index (χ0v) is 11.3. The van der Waals surface area contributed by atoms with E-state index in [1.807, 2.05) is 30.0 Å². The first kappa shape index (κ1) is 12.4. The number of rotatable bonds is 3. The van der Waals surface area contributed by atoms with Crippen LogP contribution in [0.5, 0.6) is 0 Å². The van der Waals surface area contributed by atoms with Gasteiger partial charge in [0.15, 0.2) is 0 Å². The summed E-state index contributed by atoms with van der Waals surface area (Å²) >= 11 is 3.43. The third-order valence-corrected chi connectivity index (χ3v) is 3.37. The molecule has 1 heterocycles. The average molecular weight is 298 g/mol. The van der Waals surface area contributed by atoms with E-state index in [2.05, 4.69) is 21.2 Å². The van der Waals surface area contributed by atoms with Gasteiger partial charge in [-0.25, -0.2) is 0 Å². The predicted molar refractivity (Wildman–Crippen MR) is 73.2 cm³/mol. The van der Waals surface area contributed by atoms with E-state index in [1.165, 1.54) is 0 Å². The largest absolute Gasteiger partial charge is 0.374 e. The molecule has 1 aliphatic heterocycles. The Labute approximate surface area is 109 Å². The zero-order valence-electron chi connectivity index (χ0n) is 9.74. The second-order valence-corrected chi connectivity index (χ2v) is 5.28. The molecule has 1 unspecified atom stereocenters. The van der Waals surface area contributed by atoms with Gasteiger partial charge in [0.2, 0.25) is 5.91 Å². The van der Waals surface area contributed by atoms with Crippen molar-refractivity contribution >= 4 is 33.2 Å². The molecule has 0 saturated carbocycles. The number of nitrogens with zero attached hydrogens (tertiary/aromatic N) is 1. The molecule has 1 atom stereocenters. The molecule has 0 spiro atoms. The Balaban J connectivity index is 2.30. The van der Waals surface area contributed by atoms with Gasteiger partial charge in [-0.05, 0) is 30.7 Å². The van der Waals surface area contributed by atoms with Gasteiger partial charge in [-0.15, -0.1) is 0 Å². The Kier molecular flexibility index (Phi) is 3.69. The van der Waals surface area contributed by atoms with Crippen molar-refractivity contribution in [3.05, 3.63) is 22.7 Å². The van der Waals surface area contributed by atoms with Crippen molar-refractivity contribution in [1.82, 2.24) is 0 Å². The molecule has 0 radical (unpaired) electrons. The molecule has 1 aliphatic rings. The highest BCUT2D eigenvalue weighted by Gasteiger charge is 2.24. The summed E-state index contributed by atoms with van der Waals surface area (Å²) in [7, 11) is 0. The Hall–Kier alpha value is -1.07. The van der Waals surface area contributed by atoms with Crippen LogP contribution in [-0.4, -0.2) is 25.5 Å². The Morgan fingerprint density at radius 3 is 3.06 bits per heavy atom. The molecule has 3 N–H and O–H groups in total. The molecule has 0 aromatic heterocycles. The number of anilines is 2. The van der Waals surface area contributed by atoms with Crippen LogP contribution >= 0.6 is 15.9 Å². The van der Waals surface area contributed by atoms with Gasteiger partial charge in [-0.2, -0.15) is 0 Å². The van der Waals surface area contributed by atoms with Gasteiger partial charge < -0.3 is 16.0 Å². The van der Waals surface area contributed by atoms with E-state index >= 15 is 0 Å². The highest BCUT2D eigenvalue weighted by atomic mass is 79.9. The van der Waals surface area contributed by atoms with Crippen LogP contribution in [0.2, 0.25) is 0 Å². The van der Waals surface area contributed by atoms with Crippen molar-refractivity contribution in [3.8, 4) is 0 Å². The van der Waals surface area contributed by atoms with E-state index in [-0.39, 0.29) is 5.91 Å². The topological polar surface area (TPSA) is 58.4 Å². The fraction of sp³-hybridized carbons (Fsp3) is 0.417.